The second-order valence-electron chi connectivity index (χ2n) is 1.80. The van der Waals surface area contributed by atoms with Gasteiger partial charge in [0.05, 0.1) is 12.7 Å². The molecule has 1 atom stereocenters. The van der Waals surface area contributed by atoms with Gasteiger partial charge >= 0.3 is 0 Å². The van der Waals surface area contributed by atoms with Crippen LogP contribution in [0.25, 0.3) is 0 Å². The van der Waals surface area contributed by atoms with Crippen LogP contribution in [-0.4, -0.2) is 19.0 Å². The van der Waals surface area contributed by atoms with E-state index in [2.05, 4.69) is 0 Å². The number of hydrogen-bond donors (Lipinski definition) is 0. The highest BCUT2D eigenvalue weighted by atomic mass is 16.5. The molecule has 2 heteroatoms. The molecule has 0 aromatic heterocycles. The second-order valence-corrected chi connectivity index (χ2v) is 1.80. The highest BCUT2D eigenvalue weighted by Crippen LogP contribution is 2.09. The van der Waals surface area contributed by atoms with Gasteiger partial charge in [0.2, 0.25) is 0 Å². The average Bonchev–Trinajstić information content (AvgIpc) is 2.14. The van der Waals surface area contributed by atoms with Crippen molar-refractivity contribution in [3.8, 4) is 0 Å². The largest absolute Gasteiger partial charge is 0.370 e. The first-order valence-corrected chi connectivity index (χ1v) is 2.61. The lowest BCUT2D eigenvalue weighted by Crippen LogP contribution is -2.03. The van der Waals surface area contributed by atoms with E-state index in [4.69, 9.17) is 4.74 Å². The first-order valence-electron chi connectivity index (χ1n) is 2.61. The molecule has 0 spiro atoms. The predicted molar refractivity (Wildman–Crippen MR) is 29.6 cm³/mol. The molecule has 1 aliphatic rings. The maximum Gasteiger partial charge on any atom is 0.148 e. The molecule has 0 aromatic rings. The van der Waals surface area contributed by atoms with E-state index in [-0.39, 0.29) is 6.10 Å². The van der Waals surface area contributed by atoms with Crippen molar-refractivity contribution >= 4 is 6.29 Å². The molecule has 2 nitrogen and oxygen atoms in total. The van der Waals surface area contributed by atoms with Crippen molar-refractivity contribution in [2.75, 3.05) is 6.61 Å². The van der Waals surface area contributed by atoms with Gasteiger partial charge in [0.25, 0.3) is 0 Å². The molecular weight excluding hydrogens is 104 g/mol. The topological polar surface area (TPSA) is 26.3 Å². The van der Waals surface area contributed by atoms with Crippen LogP contribution in [0.1, 0.15) is 6.92 Å². The van der Waals surface area contributed by atoms with Crippen LogP contribution in [-0.2, 0) is 9.53 Å². The van der Waals surface area contributed by atoms with E-state index in [1.165, 1.54) is 0 Å². The third-order valence-corrected chi connectivity index (χ3v) is 1.27. The summed E-state index contributed by atoms with van der Waals surface area (Å²) in [5.41, 5.74) is 0.769. The smallest absolute Gasteiger partial charge is 0.148 e. The summed E-state index contributed by atoms with van der Waals surface area (Å²) in [5.74, 6) is 0. The summed E-state index contributed by atoms with van der Waals surface area (Å²) in [4.78, 5) is 10.1. The Morgan fingerprint density at radius 2 is 2.75 bits per heavy atom. The van der Waals surface area contributed by atoms with Crippen LogP contribution in [0.2, 0.25) is 0 Å². The molecule has 0 fully saturated rings. The Kier molecular flexibility index (Phi) is 1.44. The molecule has 0 amide bonds. The van der Waals surface area contributed by atoms with Crippen LogP contribution in [0, 0.1) is 0 Å². The van der Waals surface area contributed by atoms with Gasteiger partial charge in [-0.05, 0) is 13.0 Å². The molecule has 0 aromatic carbocycles. The Bertz CT molecular complexity index is 126. The molecule has 8 heavy (non-hydrogen) atoms. The van der Waals surface area contributed by atoms with Gasteiger partial charge in [-0.1, -0.05) is 0 Å². The maximum absolute atomic E-state index is 10.1. The number of aldehydes is 1. The summed E-state index contributed by atoms with van der Waals surface area (Å²) < 4.78 is 5.03. The lowest BCUT2D eigenvalue weighted by molar-refractivity contribution is -0.105. The van der Waals surface area contributed by atoms with Gasteiger partial charge in [-0.25, -0.2) is 0 Å². The number of carbonyl (C=O) groups is 1. The maximum atomic E-state index is 10.1. The molecular formula is C6H8O2. The summed E-state index contributed by atoms with van der Waals surface area (Å²) in [6, 6.07) is 0. The van der Waals surface area contributed by atoms with Crippen molar-refractivity contribution in [3.63, 3.8) is 0 Å². The zero-order chi connectivity index (χ0) is 5.98. The fourth-order valence-electron chi connectivity index (χ4n) is 0.695. The van der Waals surface area contributed by atoms with Crippen molar-refractivity contribution in [2.24, 2.45) is 0 Å². The summed E-state index contributed by atoms with van der Waals surface area (Å²) in [7, 11) is 0. The van der Waals surface area contributed by atoms with E-state index in [0.717, 1.165) is 11.9 Å². The van der Waals surface area contributed by atoms with Crippen molar-refractivity contribution in [2.45, 2.75) is 13.0 Å². The Balaban J connectivity index is 2.62. The van der Waals surface area contributed by atoms with E-state index in [1.807, 2.05) is 6.92 Å². The molecule has 0 saturated carbocycles. The Hall–Kier alpha value is -0.630. The van der Waals surface area contributed by atoms with Gasteiger partial charge in [-0.3, -0.25) is 4.79 Å². The fraction of sp³-hybridized carbons (Fsp3) is 0.500. The van der Waals surface area contributed by atoms with Crippen molar-refractivity contribution in [1.82, 2.24) is 0 Å². The number of rotatable bonds is 1. The zero-order valence-electron chi connectivity index (χ0n) is 4.76. The van der Waals surface area contributed by atoms with Crippen LogP contribution >= 0.6 is 0 Å². The molecule has 0 radical (unpaired) electrons. The SMILES string of the molecule is CC1OCC=C1C=O. The lowest BCUT2D eigenvalue weighted by Gasteiger charge is -1.99. The van der Waals surface area contributed by atoms with Crippen LogP contribution in [0.3, 0.4) is 0 Å². The molecule has 0 aliphatic carbocycles. The highest BCUT2D eigenvalue weighted by Gasteiger charge is 2.12. The van der Waals surface area contributed by atoms with E-state index in [1.54, 1.807) is 6.08 Å². The summed E-state index contributed by atoms with van der Waals surface area (Å²) in [6.07, 6.45) is 2.67. The molecule has 1 aliphatic heterocycles. The molecule has 0 N–H and O–H groups in total. The van der Waals surface area contributed by atoms with E-state index < -0.39 is 0 Å². The summed E-state index contributed by atoms with van der Waals surface area (Å²) in [5, 5.41) is 0. The van der Waals surface area contributed by atoms with E-state index >= 15 is 0 Å². The molecule has 0 saturated heterocycles. The highest BCUT2D eigenvalue weighted by molar-refractivity contribution is 5.75. The van der Waals surface area contributed by atoms with Crippen molar-refractivity contribution in [3.05, 3.63) is 11.6 Å². The van der Waals surface area contributed by atoms with Gasteiger partial charge in [-0.2, -0.15) is 0 Å². The standard InChI is InChI=1S/C6H8O2/c1-5-6(4-7)2-3-8-5/h2,4-5H,3H2,1H3. The van der Waals surface area contributed by atoms with E-state index in [0.29, 0.717) is 6.61 Å². The third-order valence-electron chi connectivity index (χ3n) is 1.27. The first-order chi connectivity index (χ1) is 3.84. The summed E-state index contributed by atoms with van der Waals surface area (Å²) >= 11 is 0. The lowest BCUT2D eigenvalue weighted by atomic mass is 10.2. The molecule has 1 rings (SSSR count). The van der Waals surface area contributed by atoms with E-state index in [9.17, 15) is 4.79 Å². The third kappa shape index (κ3) is 0.793. The van der Waals surface area contributed by atoms with Crippen LogP contribution < -0.4 is 0 Å². The number of ether oxygens (including phenoxy) is 1. The fourth-order valence-corrected chi connectivity index (χ4v) is 0.695. The normalized spacial score (nSPS) is 27.6. The van der Waals surface area contributed by atoms with Crippen LogP contribution in [0.5, 0.6) is 0 Å². The number of carbonyl (C=O) groups excluding carboxylic acids is 1. The zero-order valence-corrected chi connectivity index (χ0v) is 4.76. The predicted octanol–water partition coefficient (Wildman–Crippen LogP) is 0.530. The van der Waals surface area contributed by atoms with Crippen LogP contribution in [0.4, 0.5) is 0 Å². The minimum atomic E-state index is 0.0208. The van der Waals surface area contributed by atoms with Gasteiger partial charge in [0, 0.05) is 5.57 Å². The van der Waals surface area contributed by atoms with Crippen molar-refractivity contribution in [1.29, 1.82) is 0 Å². The number of hydrogen-bond acceptors (Lipinski definition) is 2. The van der Waals surface area contributed by atoms with Gasteiger partial charge in [-0.15, -0.1) is 0 Å². The first kappa shape index (κ1) is 5.51. The summed E-state index contributed by atoms with van der Waals surface area (Å²) in [6.45, 7) is 2.46. The van der Waals surface area contributed by atoms with Crippen LogP contribution in [0.15, 0.2) is 11.6 Å². The quantitative estimate of drug-likeness (QED) is 0.462. The van der Waals surface area contributed by atoms with Crippen molar-refractivity contribution < 1.29 is 9.53 Å². The molecule has 44 valence electrons. The Labute approximate surface area is 48.1 Å². The molecule has 1 heterocycles. The van der Waals surface area contributed by atoms with Gasteiger partial charge in [0.15, 0.2) is 0 Å². The van der Waals surface area contributed by atoms with Gasteiger partial charge in [0.1, 0.15) is 6.29 Å². The Morgan fingerprint density at radius 1 is 2.00 bits per heavy atom. The molecule has 1 unspecified atom stereocenters. The minimum Gasteiger partial charge on any atom is -0.370 e. The minimum absolute atomic E-state index is 0.0208. The van der Waals surface area contributed by atoms with Gasteiger partial charge < -0.3 is 4.74 Å². The average molecular weight is 112 g/mol. The Morgan fingerprint density at radius 3 is 3.00 bits per heavy atom. The molecule has 0 bridgehead atoms. The second kappa shape index (κ2) is 2.09. The monoisotopic (exact) mass is 112 g/mol.